The lowest BCUT2D eigenvalue weighted by atomic mass is 10.0. The Balaban J connectivity index is 2.05. The first-order valence-corrected chi connectivity index (χ1v) is 6.40. The largest absolute Gasteiger partial charge is 0.465 e. The summed E-state index contributed by atoms with van der Waals surface area (Å²) in [5.41, 5.74) is 0.818. The van der Waals surface area contributed by atoms with Crippen molar-refractivity contribution in [1.82, 2.24) is 0 Å². The molecule has 1 aliphatic heterocycles. The van der Waals surface area contributed by atoms with E-state index < -0.39 is 5.97 Å². The predicted molar refractivity (Wildman–Crippen MR) is 69.8 cm³/mol. The maximum absolute atomic E-state index is 13.3. The molecule has 0 aliphatic carbocycles. The van der Waals surface area contributed by atoms with Gasteiger partial charge in [-0.2, -0.15) is 0 Å². The number of carbonyl (C=O) groups is 1. The summed E-state index contributed by atoms with van der Waals surface area (Å²) in [7, 11) is 1.31. The maximum atomic E-state index is 13.3. The van der Waals surface area contributed by atoms with Crippen molar-refractivity contribution in [2.75, 3.05) is 32.2 Å². The normalized spacial score (nSPS) is 18.9. The van der Waals surface area contributed by atoms with E-state index in [-0.39, 0.29) is 5.82 Å². The average molecular weight is 267 g/mol. The SMILES string of the molecule is COC(=O)c1ccc(F)cc1NCC1CCCOC1. The second-order valence-corrected chi connectivity index (χ2v) is 4.65. The molecule has 0 aromatic heterocycles. The molecule has 1 aromatic carbocycles. The fraction of sp³-hybridized carbons (Fsp3) is 0.500. The molecule has 0 saturated carbocycles. The van der Waals surface area contributed by atoms with Gasteiger partial charge in [0.25, 0.3) is 0 Å². The standard InChI is InChI=1S/C14H18FNO3/c1-18-14(17)12-5-4-11(15)7-13(12)16-8-10-3-2-6-19-9-10/h4-5,7,10,16H,2-3,6,8-9H2,1H3. The van der Waals surface area contributed by atoms with Crippen molar-refractivity contribution in [3.8, 4) is 0 Å². The number of benzene rings is 1. The van der Waals surface area contributed by atoms with Crippen molar-refractivity contribution in [3.05, 3.63) is 29.6 Å². The summed E-state index contributed by atoms with van der Waals surface area (Å²) >= 11 is 0. The summed E-state index contributed by atoms with van der Waals surface area (Å²) in [6.07, 6.45) is 2.12. The summed E-state index contributed by atoms with van der Waals surface area (Å²) in [5, 5.41) is 3.12. The minimum Gasteiger partial charge on any atom is -0.465 e. The van der Waals surface area contributed by atoms with Crippen LogP contribution in [0.25, 0.3) is 0 Å². The molecule has 1 fully saturated rings. The lowest BCUT2D eigenvalue weighted by Gasteiger charge is -2.23. The molecule has 104 valence electrons. The van der Waals surface area contributed by atoms with Crippen LogP contribution in [0.4, 0.5) is 10.1 Å². The van der Waals surface area contributed by atoms with Crippen LogP contribution in [-0.4, -0.2) is 32.8 Å². The predicted octanol–water partition coefficient (Wildman–Crippen LogP) is 2.45. The van der Waals surface area contributed by atoms with Gasteiger partial charge in [0, 0.05) is 13.2 Å². The van der Waals surface area contributed by atoms with Gasteiger partial charge in [-0.3, -0.25) is 0 Å². The molecule has 2 rings (SSSR count). The molecule has 0 bridgehead atoms. The number of halogens is 1. The molecule has 0 amide bonds. The Morgan fingerprint density at radius 2 is 2.42 bits per heavy atom. The van der Waals surface area contributed by atoms with Gasteiger partial charge in [-0.25, -0.2) is 9.18 Å². The van der Waals surface area contributed by atoms with E-state index in [0.717, 1.165) is 19.4 Å². The summed E-state index contributed by atoms with van der Waals surface area (Å²) in [4.78, 5) is 11.6. The third-order valence-corrected chi connectivity index (χ3v) is 3.22. The average Bonchev–Trinajstić information content (AvgIpc) is 2.45. The van der Waals surface area contributed by atoms with E-state index in [2.05, 4.69) is 10.1 Å². The van der Waals surface area contributed by atoms with Gasteiger partial charge in [-0.05, 0) is 37.0 Å². The van der Waals surface area contributed by atoms with Crippen LogP contribution in [0.2, 0.25) is 0 Å². The Morgan fingerprint density at radius 1 is 1.58 bits per heavy atom. The van der Waals surface area contributed by atoms with E-state index in [9.17, 15) is 9.18 Å². The Labute approximate surface area is 111 Å². The highest BCUT2D eigenvalue weighted by atomic mass is 19.1. The third-order valence-electron chi connectivity index (χ3n) is 3.22. The minimum absolute atomic E-state index is 0.348. The Kier molecular flexibility index (Phi) is 4.74. The van der Waals surface area contributed by atoms with Crippen LogP contribution in [-0.2, 0) is 9.47 Å². The van der Waals surface area contributed by atoms with Gasteiger partial charge in [0.05, 0.1) is 25.0 Å². The van der Waals surface area contributed by atoms with Crippen molar-refractivity contribution >= 4 is 11.7 Å². The van der Waals surface area contributed by atoms with Gasteiger partial charge in [0.15, 0.2) is 0 Å². The van der Waals surface area contributed by atoms with Gasteiger partial charge in [0.1, 0.15) is 5.82 Å². The number of ether oxygens (including phenoxy) is 2. The zero-order valence-corrected chi connectivity index (χ0v) is 10.9. The van der Waals surface area contributed by atoms with Crippen LogP contribution in [0.5, 0.6) is 0 Å². The van der Waals surface area contributed by atoms with Crippen molar-refractivity contribution in [2.24, 2.45) is 5.92 Å². The highest BCUT2D eigenvalue weighted by Crippen LogP contribution is 2.20. The van der Waals surface area contributed by atoms with E-state index in [1.54, 1.807) is 0 Å². The van der Waals surface area contributed by atoms with Gasteiger partial charge in [0.2, 0.25) is 0 Å². The molecule has 1 N–H and O–H groups in total. The van der Waals surface area contributed by atoms with Crippen LogP contribution >= 0.6 is 0 Å². The van der Waals surface area contributed by atoms with Gasteiger partial charge < -0.3 is 14.8 Å². The van der Waals surface area contributed by atoms with Crippen LogP contribution in [0.15, 0.2) is 18.2 Å². The Morgan fingerprint density at radius 3 is 3.11 bits per heavy atom. The second-order valence-electron chi connectivity index (χ2n) is 4.65. The smallest absolute Gasteiger partial charge is 0.339 e. The van der Waals surface area contributed by atoms with Crippen LogP contribution < -0.4 is 5.32 Å². The molecule has 1 unspecified atom stereocenters. The number of anilines is 1. The fourth-order valence-corrected chi connectivity index (χ4v) is 2.17. The number of hydrogen-bond acceptors (Lipinski definition) is 4. The summed E-state index contributed by atoms with van der Waals surface area (Å²) < 4.78 is 23.3. The highest BCUT2D eigenvalue weighted by molar-refractivity contribution is 5.95. The van der Waals surface area contributed by atoms with E-state index >= 15 is 0 Å². The first kappa shape index (κ1) is 13.8. The molecule has 1 saturated heterocycles. The number of esters is 1. The molecule has 19 heavy (non-hydrogen) atoms. The fourth-order valence-electron chi connectivity index (χ4n) is 2.17. The van der Waals surface area contributed by atoms with Gasteiger partial charge in [-0.1, -0.05) is 0 Å². The Bertz CT molecular complexity index is 444. The molecule has 1 atom stereocenters. The molecule has 5 heteroatoms. The number of carbonyl (C=O) groups excluding carboxylic acids is 1. The number of nitrogens with one attached hydrogen (secondary N) is 1. The summed E-state index contributed by atoms with van der Waals surface area (Å²) in [5.74, 6) is -0.458. The van der Waals surface area contributed by atoms with Crippen molar-refractivity contribution in [1.29, 1.82) is 0 Å². The second kappa shape index (κ2) is 6.52. The quantitative estimate of drug-likeness (QED) is 0.851. The van der Waals surface area contributed by atoms with E-state index in [1.165, 1.54) is 25.3 Å². The molecule has 1 aromatic rings. The zero-order valence-electron chi connectivity index (χ0n) is 10.9. The molecule has 1 aliphatic rings. The first-order chi connectivity index (χ1) is 9.20. The molecule has 1 heterocycles. The van der Waals surface area contributed by atoms with Gasteiger partial charge in [-0.15, -0.1) is 0 Å². The van der Waals surface area contributed by atoms with Crippen molar-refractivity contribution < 1.29 is 18.7 Å². The van der Waals surface area contributed by atoms with E-state index in [1.807, 2.05) is 0 Å². The third kappa shape index (κ3) is 3.67. The molecule has 0 spiro atoms. The number of rotatable bonds is 4. The Hall–Kier alpha value is -1.62. The van der Waals surface area contributed by atoms with E-state index in [4.69, 9.17) is 4.74 Å². The summed E-state index contributed by atoms with van der Waals surface area (Å²) in [6, 6.07) is 4.00. The maximum Gasteiger partial charge on any atom is 0.339 e. The minimum atomic E-state index is -0.470. The topological polar surface area (TPSA) is 47.6 Å². The van der Waals surface area contributed by atoms with Crippen LogP contribution in [0, 0.1) is 11.7 Å². The number of hydrogen-bond donors (Lipinski definition) is 1. The van der Waals surface area contributed by atoms with Crippen LogP contribution in [0.1, 0.15) is 23.2 Å². The highest BCUT2D eigenvalue weighted by Gasteiger charge is 2.16. The molecule has 0 radical (unpaired) electrons. The monoisotopic (exact) mass is 267 g/mol. The first-order valence-electron chi connectivity index (χ1n) is 6.40. The van der Waals surface area contributed by atoms with Crippen molar-refractivity contribution in [3.63, 3.8) is 0 Å². The molecule has 4 nitrogen and oxygen atoms in total. The lowest BCUT2D eigenvalue weighted by Crippen LogP contribution is -2.25. The van der Waals surface area contributed by atoms with Crippen LogP contribution in [0.3, 0.4) is 0 Å². The van der Waals surface area contributed by atoms with Gasteiger partial charge >= 0.3 is 5.97 Å². The zero-order chi connectivity index (χ0) is 13.7. The lowest BCUT2D eigenvalue weighted by molar-refractivity contribution is 0.0592. The summed E-state index contributed by atoms with van der Waals surface area (Å²) in [6.45, 7) is 2.17. The molecular weight excluding hydrogens is 249 g/mol. The number of methoxy groups -OCH3 is 1. The van der Waals surface area contributed by atoms with Crippen molar-refractivity contribution in [2.45, 2.75) is 12.8 Å². The van der Waals surface area contributed by atoms with E-state index in [0.29, 0.717) is 30.3 Å². The molecular formula is C14H18FNO3.